The maximum atomic E-state index is 15.4. The average Bonchev–Trinajstić information content (AvgIpc) is 3.44. The SMILES string of the molecule is O=C(Cn1nc(C(F)(F)F)c2c1C(F)(F)[C@@H]1C[C@H]21)N[C@@H](Cc1cc(F)cc(F)c1)c1nc2nc(-c3ccc(N4CCNCC4)cc3)sc2cc1-c1ccc2c(c1)C(=O)CC2. The van der Waals surface area contributed by atoms with Crippen LogP contribution in [0.4, 0.5) is 36.4 Å². The molecule has 0 unspecified atom stereocenters. The minimum Gasteiger partial charge on any atom is -0.369 e. The highest BCUT2D eigenvalue weighted by atomic mass is 32.1. The van der Waals surface area contributed by atoms with Crippen molar-refractivity contribution in [2.45, 2.75) is 56.3 Å². The predicted octanol–water partition coefficient (Wildman–Crippen LogP) is 8.37. The van der Waals surface area contributed by atoms with Gasteiger partial charge < -0.3 is 15.5 Å². The van der Waals surface area contributed by atoms with Crippen LogP contribution in [0, 0.1) is 17.6 Å². The lowest BCUT2D eigenvalue weighted by atomic mass is 9.93. The van der Waals surface area contributed by atoms with E-state index in [0.29, 0.717) is 50.0 Å². The van der Waals surface area contributed by atoms with E-state index in [1.807, 2.05) is 36.4 Å². The van der Waals surface area contributed by atoms with Crippen LogP contribution in [-0.4, -0.2) is 57.6 Å². The number of nitrogens with zero attached hydrogens (tertiary/aromatic N) is 5. The maximum absolute atomic E-state index is 15.4. The highest BCUT2D eigenvalue weighted by Crippen LogP contribution is 2.68. The number of pyridine rings is 1. The number of fused-ring (bicyclic) bond motifs is 5. The Bertz CT molecular complexity index is 2700. The minimum absolute atomic E-state index is 0.0497. The first-order valence-electron chi connectivity index (χ1n) is 19.6. The van der Waals surface area contributed by atoms with Crippen molar-refractivity contribution in [3.05, 3.63) is 118 Å². The topological polar surface area (TPSA) is 105 Å². The summed E-state index contributed by atoms with van der Waals surface area (Å²) >= 11 is 1.36. The van der Waals surface area contributed by atoms with E-state index in [9.17, 15) is 31.5 Å². The zero-order valence-corrected chi connectivity index (χ0v) is 32.4. The fraction of sp³-hybridized carbons (Fsp3) is 0.326. The molecule has 17 heteroatoms. The van der Waals surface area contributed by atoms with Gasteiger partial charge in [0.2, 0.25) is 5.91 Å². The number of rotatable bonds is 9. The number of hydrogen-bond donors (Lipinski definition) is 2. The summed E-state index contributed by atoms with van der Waals surface area (Å²) in [7, 11) is 0. The fourth-order valence-electron chi connectivity index (χ4n) is 8.99. The molecule has 4 aliphatic rings. The van der Waals surface area contributed by atoms with Crippen LogP contribution >= 0.6 is 11.3 Å². The summed E-state index contributed by atoms with van der Waals surface area (Å²) < 4.78 is 103. The Labute approximate surface area is 341 Å². The molecule has 0 spiro atoms. The molecule has 4 heterocycles. The number of ketones is 1. The van der Waals surface area contributed by atoms with Crippen molar-refractivity contribution in [3.63, 3.8) is 0 Å². The standard InChI is InChI=1S/C43H34F7N7O2S/c44-25-13-21(14-26(45)17-25)15-32(52-35(59)20-57-39-36(38(55-57)43(48,49)50)30-18-31(30)42(39,46)47)37-29(24-2-1-22-5-8-33(58)28(22)16-24)19-34-40(53-37)54-41(60-34)23-3-6-27(7-4-23)56-11-9-51-10-12-56/h1-4,6-7,13-14,16-17,19,30-32,51H,5,8-12,15,18,20H2,(H,52,59)/t30-,31+,32-/m0/s1. The lowest BCUT2D eigenvalue weighted by Gasteiger charge is -2.29. The first-order chi connectivity index (χ1) is 28.7. The molecule has 3 atom stereocenters. The van der Waals surface area contributed by atoms with Gasteiger partial charge in [-0.15, -0.1) is 11.3 Å². The predicted molar refractivity (Wildman–Crippen MR) is 209 cm³/mol. The largest absolute Gasteiger partial charge is 0.435 e. The number of carbonyl (C=O) groups excluding carboxylic acids is 2. The average molecular weight is 846 g/mol. The summed E-state index contributed by atoms with van der Waals surface area (Å²) in [5.74, 6) is -8.77. The number of amides is 1. The Morgan fingerprint density at radius 3 is 2.40 bits per heavy atom. The van der Waals surface area contributed by atoms with Crippen molar-refractivity contribution < 1.29 is 40.3 Å². The Morgan fingerprint density at radius 1 is 0.933 bits per heavy atom. The molecule has 1 saturated heterocycles. The molecule has 2 N–H and O–H groups in total. The van der Waals surface area contributed by atoms with Crippen molar-refractivity contribution >= 4 is 39.1 Å². The van der Waals surface area contributed by atoms with Gasteiger partial charge in [0, 0.05) is 72.5 Å². The highest BCUT2D eigenvalue weighted by molar-refractivity contribution is 7.21. The first-order valence-corrected chi connectivity index (χ1v) is 20.4. The second-order valence-corrected chi connectivity index (χ2v) is 16.8. The van der Waals surface area contributed by atoms with Gasteiger partial charge in [0.15, 0.2) is 17.1 Å². The molecular weight excluding hydrogens is 812 g/mol. The molecule has 308 valence electrons. The number of aryl methyl sites for hydroxylation is 1. The first kappa shape index (κ1) is 38.5. The second-order valence-electron chi connectivity index (χ2n) is 15.8. The van der Waals surface area contributed by atoms with E-state index >= 15 is 8.78 Å². The van der Waals surface area contributed by atoms with Gasteiger partial charge >= 0.3 is 6.18 Å². The van der Waals surface area contributed by atoms with Crippen LogP contribution < -0.4 is 15.5 Å². The number of nitrogens with one attached hydrogen (secondary N) is 2. The maximum Gasteiger partial charge on any atom is 0.435 e. The van der Waals surface area contributed by atoms with Gasteiger partial charge in [0.1, 0.15) is 28.9 Å². The zero-order valence-electron chi connectivity index (χ0n) is 31.6. The molecule has 10 rings (SSSR count). The van der Waals surface area contributed by atoms with Gasteiger partial charge in [-0.05, 0) is 90.4 Å². The van der Waals surface area contributed by atoms with Gasteiger partial charge in [0.05, 0.1) is 16.4 Å². The molecule has 1 saturated carbocycles. The van der Waals surface area contributed by atoms with E-state index in [-0.39, 0.29) is 35.5 Å². The molecule has 1 aliphatic heterocycles. The quantitative estimate of drug-likeness (QED) is 0.141. The number of carbonyl (C=O) groups is 2. The number of thiazole rings is 1. The van der Waals surface area contributed by atoms with Crippen LogP contribution in [0.5, 0.6) is 0 Å². The number of Topliss-reactive ketones (excluding diaryl/α,β-unsaturated/α-hetero) is 1. The second kappa shape index (κ2) is 14.2. The molecule has 2 fully saturated rings. The van der Waals surface area contributed by atoms with Crippen LogP contribution in [0.1, 0.15) is 68.9 Å². The Morgan fingerprint density at radius 2 is 1.67 bits per heavy atom. The number of benzene rings is 3. The Hall–Kier alpha value is -5.68. The smallest absolute Gasteiger partial charge is 0.369 e. The molecule has 6 aromatic rings. The molecule has 1 amide bonds. The van der Waals surface area contributed by atoms with Crippen molar-refractivity contribution in [2.75, 3.05) is 31.1 Å². The molecule has 3 aliphatic carbocycles. The molecule has 60 heavy (non-hydrogen) atoms. The van der Waals surface area contributed by atoms with Crippen LogP contribution in [0.2, 0.25) is 0 Å². The number of hydrogen-bond acceptors (Lipinski definition) is 8. The van der Waals surface area contributed by atoms with Gasteiger partial charge in [-0.1, -0.05) is 12.1 Å². The van der Waals surface area contributed by atoms with Crippen LogP contribution in [0.15, 0.2) is 66.7 Å². The number of halogens is 7. The highest BCUT2D eigenvalue weighted by Gasteiger charge is 2.68. The van der Waals surface area contributed by atoms with Crippen LogP contribution in [-0.2, 0) is 36.3 Å². The fourth-order valence-corrected chi connectivity index (χ4v) is 9.94. The van der Waals surface area contributed by atoms with Gasteiger partial charge in [0.25, 0.3) is 5.92 Å². The van der Waals surface area contributed by atoms with Crippen molar-refractivity contribution in [1.82, 2.24) is 30.4 Å². The molecule has 3 aromatic carbocycles. The molecule has 0 radical (unpaired) electrons. The number of aromatic nitrogens is 4. The summed E-state index contributed by atoms with van der Waals surface area (Å²) in [6, 6.07) is 16.7. The minimum atomic E-state index is -5.03. The third-order valence-corrected chi connectivity index (χ3v) is 12.9. The Balaban J connectivity index is 1.07. The van der Waals surface area contributed by atoms with Crippen molar-refractivity contribution in [3.8, 4) is 21.7 Å². The summed E-state index contributed by atoms with van der Waals surface area (Å²) in [5.41, 5.74) is 1.85. The monoisotopic (exact) mass is 845 g/mol. The number of piperazine rings is 1. The number of alkyl halides is 5. The van der Waals surface area contributed by atoms with E-state index in [0.717, 1.165) is 55.1 Å². The lowest BCUT2D eigenvalue weighted by Crippen LogP contribution is -2.43. The van der Waals surface area contributed by atoms with Crippen LogP contribution in [0.25, 0.3) is 32.0 Å². The number of anilines is 1. The summed E-state index contributed by atoms with van der Waals surface area (Å²) in [4.78, 5) is 39.0. The van der Waals surface area contributed by atoms with E-state index < -0.39 is 71.0 Å². The van der Waals surface area contributed by atoms with Crippen LogP contribution in [0.3, 0.4) is 0 Å². The molecule has 3 aromatic heterocycles. The third-order valence-electron chi connectivity index (χ3n) is 11.9. The van der Waals surface area contributed by atoms with Gasteiger partial charge in [-0.3, -0.25) is 14.3 Å². The summed E-state index contributed by atoms with van der Waals surface area (Å²) in [6.45, 7) is 2.50. The van der Waals surface area contributed by atoms with E-state index in [4.69, 9.17) is 9.97 Å². The van der Waals surface area contributed by atoms with Gasteiger partial charge in [-0.2, -0.15) is 27.1 Å². The normalized spacial score (nSPS) is 19.6. The van der Waals surface area contributed by atoms with E-state index in [1.54, 1.807) is 12.1 Å². The van der Waals surface area contributed by atoms with Gasteiger partial charge in [-0.25, -0.2) is 18.7 Å². The molecule has 0 bridgehead atoms. The van der Waals surface area contributed by atoms with Crippen molar-refractivity contribution in [1.29, 1.82) is 0 Å². The Kier molecular flexibility index (Phi) is 9.13. The van der Waals surface area contributed by atoms with E-state index in [1.165, 1.54) is 11.3 Å². The summed E-state index contributed by atoms with van der Waals surface area (Å²) in [6.07, 6.45) is -4.51. The summed E-state index contributed by atoms with van der Waals surface area (Å²) in [5, 5.41) is 10.2. The molecule has 9 nitrogen and oxygen atoms in total. The van der Waals surface area contributed by atoms with E-state index in [2.05, 4.69) is 20.6 Å². The zero-order chi connectivity index (χ0) is 41.7. The third kappa shape index (κ3) is 6.80. The molecular formula is C43H34F7N7O2S. The van der Waals surface area contributed by atoms with Crippen molar-refractivity contribution in [2.24, 2.45) is 5.92 Å². The lowest BCUT2D eigenvalue weighted by molar-refractivity contribution is -0.142.